The fourth-order valence-corrected chi connectivity index (χ4v) is 4.01. The van der Waals surface area contributed by atoms with E-state index in [1.54, 1.807) is 17.7 Å². The van der Waals surface area contributed by atoms with Crippen LogP contribution in [-0.2, 0) is 4.74 Å². The molecule has 5 heteroatoms. The van der Waals surface area contributed by atoms with Crippen LogP contribution in [0.15, 0.2) is 11.7 Å². The van der Waals surface area contributed by atoms with Gasteiger partial charge in [0.15, 0.2) is 0 Å². The van der Waals surface area contributed by atoms with E-state index in [1.165, 1.54) is 23.8 Å². The molecule has 0 radical (unpaired) electrons. The average molecular weight is 289 g/mol. The van der Waals surface area contributed by atoms with Gasteiger partial charge in [0.05, 0.1) is 17.6 Å². The van der Waals surface area contributed by atoms with Crippen LogP contribution in [0.2, 0.25) is 0 Å². The number of ether oxygens (including phenoxy) is 1. The van der Waals surface area contributed by atoms with E-state index in [1.807, 2.05) is 0 Å². The lowest BCUT2D eigenvalue weighted by atomic mass is 10.1. The van der Waals surface area contributed by atoms with Gasteiger partial charge in [0.1, 0.15) is 17.0 Å². The Morgan fingerprint density at radius 3 is 2.95 bits per heavy atom. The first-order valence-electron chi connectivity index (χ1n) is 7.31. The van der Waals surface area contributed by atoms with Crippen LogP contribution in [0.1, 0.15) is 25.3 Å². The van der Waals surface area contributed by atoms with E-state index in [0.717, 1.165) is 29.7 Å². The SMILES string of the molecule is Cc1csc2ncnc(N3C[C@@H](C)O[C@@H](C4CC4)C3)c12. The maximum Gasteiger partial charge on any atom is 0.141 e. The topological polar surface area (TPSA) is 38.2 Å². The lowest BCUT2D eigenvalue weighted by Gasteiger charge is -2.38. The third-order valence-electron chi connectivity index (χ3n) is 4.27. The van der Waals surface area contributed by atoms with E-state index >= 15 is 0 Å². The van der Waals surface area contributed by atoms with Crippen molar-refractivity contribution in [2.75, 3.05) is 18.0 Å². The monoisotopic (exact) mass is 289 g/mol. The molecule has 0 bridgehead atoms. The molecule has 0 spiro atoms. The summed E-state index contributed by atoms with van der Waals surface area (Å²) in [6.45, 7) is 6.20. The van der Waals surface area contributed by atoms with Gasteiger partial charge in [-0.15, -0.1) is 11.3 Å². The number of hydrogen-bond acceptors (Lipinski definition) is 5. The number of morpholine rings is 1. The highest BCUT2D eigenvalue weighted by Gasteiger charge is 2.38. The van der Waals surface area contributed by atoms with Crippen LogP contribution in [0.25, 0.3) is 10.2 Å². The standard InChI is InChI=1S/C15H19N3OS/c1-9-7-20-15-13(9)14(16-8-17-15)18-5-10(2)19-12(6-18)11-3-4-11/h7-8,10-12H,3-6H2,1-2H3/t10-,12-/m1/s1. The fourth-order valence-electron chi connectivity index (χ4n) is 3.13. The molecule has 1 aliphatic heterocycles. The molecule has 1 saturated carbocycles. The summed E-state index contributed by atoms with van der Waals surface area (Å²) >= 11 is 1.70. The van der Waals surface area contributed by atoms with Crippen LogP contribution < -0.4 is 4.90 Å². The van der Waals surface area contributed by atoms with E-state index in [9.17, 15) is 0 Å². The van der Waals surface area contributed by atoms with Gasteiger partial charge in [0, 0.05) is 13.1 Å². The van der Waals surface area contributed by atoms with E-state index in [0.29, 0.717) is 6.10 Å². The number of rotatable bonds is 2. The van der Waals surface area contributed by atoms with Crippen molar-refractivity contribution >= 4 is 27.4 Å². The Hall–Kier alpha value is -1.20. The predicted octanol–water partition coefficient (Wildman–Crippen LogP) is 3.00. The fraction of sp³-hybridized carbons (Fsp3) is 0.600. The van der Waals surface area contributed by atoms with Gasteiger partial charge in [-0.2, -0.15) is 0 Å². The summed E-state index contributed by atoms with van der Waals surface area (Å²) in [6.07, 6.45) is 4.99. The summed E-state index contributed by atoms with van der Waals surface area (Å²) in [5.74, 6) is 1.86. The molecule has 0 aromatic carbocycles. The molecule has 1 saturated heterocycles. The minimum Gasteiger partial charge on any atom is -0.371 e. The zero-order chi connectivity index (χ0) is 13.7. The lowest BCUT2D eigenvalue weighted by molar-refractivity contribution is -0.0272. The van der Waals surface area contributed by atoms with Crippen LogP contribution in [0.3, 0.4) is 0 Å². The number of thiophene rings is 1. The first-order chi connectivity index (χ1) is 9.72. The maximum absolute atomic E-state index is 6.10. The van der Waals surface area contributed by atoms with Gasteiger partial charge in [0.2, 0.25) is 0 Å². The molecule has 3 heterocycles. The van der Waals surface area contributed by atoms with Crippen LogP contribution in [0.4, 0.5) is 5.82 Å². The average Bonchev–Trinajstić information content (AvgIpc) is 3.23. The number of hydrogen-bond donors (Lipinski definition) is 0. The van der Waals surface area contributed by atoms with Gasteiger partial charge in [-0.3, -0.25) is 0 Å². The first kappa shape index (κ1) is 12.5. The van der Waals surface area contributed by atoms with Crippen molar-refractivity contribution in [3.05, 3.63) is 17.3 Å². The number of fused-ring (bicyclic) bond motifs is 1. The summed E-state index contributed by atoms with van der Waals surface area (Å²) in [5, 5.41) is 3.40. The summed E-state index contributed by atoms with van der Waals surface area (Å²) in [5.41, 5.74) is 1.28. The molecule has 4 rings (SSSR count). The highest BCUT2D eigenvalue weighted by atomic mass is 32.1. The van der Waals surface area contributed by atoms with E-state index in [2.05, 4.69) is 34.1 Å². The molecule has 2 aliphatic rings. The van der Waals surface area contributed by atoms with E-state index < -0.39 is 0 Å². The van der Waals surface area contributed by atoms with Crippen molar-refractivity contribution in [2.45, 2.75) is 38.9 Å². The Bertz CT molecular complexity index is 637. The molecule has 2 fully saturated rings. The van der Waals surface area contributed by atoms with Crippen LogP contribution in [0.5, 0.6) is 0 Å². The molecule has 2 atom stereocenters. The maximum atomic E-state index is 6.10. The number of aromatic nitrogens is 2. The van der Waals surface area contributed by atoms with Crippen LogP contribution in [-0.4, -0.2) is 35.3 Å². The summed E-state index contributed by atoms with van der Waals surface area (Å²) in [4.78, 5) is 12.5. The van der Waals surface area contributed by atoms with Crippen molar-refractivity contribution < 1.29 is 4.74 Å². The zero-order valence-corrected chi connectivity index (χ0v) is 12.7. The van der Waals surface area contributed by atoms with Gasteiger partial charge in [0.25, 0.3) is 0 Å². The van der Waals surface area contributed by atoms with Gasteiger partial charge in [-0.25, -0.2) is 9.97 Å². The Morgan fingerprint density at radius 2 is 2.15 bits per heavy atom. The Balaban J connectivity index is 1.72. The third kappa shape index (κ3) is 2.09. The molecule has 0 N–H and O–H groups in total. The van der Waals surface area contributed by atoms with Crippen molar-refractivity contribution in [1.29, 1.82) is 0 Å². The van der Waals surface area contributed by atoms with Crippen molar-refractivity contribution in [2.24, 2.45) is 5.92 Å². The Morgan fingerprint density at radius 1 is 1.30 bits per heavy atom. The van der Waals surface area contributed by atoms with E-state index in [4.69, 9.17) is 4.74 Å². The molecule has 2 aromatic heterocycles. The normalized spacial score (nSPS) is 27.2. The molecule has 106 valence electrons. The van der Waals surface area contributed by atoms with Crippen molar-refractivity contribution in [1.82, 2.24) is 9.97 Å². The highest BCUT2D eigenvalue weighted by Crippen LogP contribution is 2.38. The second-order valence-electron chi connectivity index (χ2n) is 6.02. The van der Waals surface area contributed by atoms with Gasteiger partial charge in [-0.05, 0) is 43.6 Å². The highest BCUT2D eigenvalue weighted by molar-refractivity contribution is 7.17. The molecular formula is C15H19N3OS. The summed E-state index contributed by atoms with van der Waals surface area (Å²) in [6, 6.07) is 0. The molecule has 1 aliphatic carbocycles. The zero-order valence-electron chi connectivity index (χ0n) is 11.9. The van der Waals surface area contributed by atoms with Crippen LogP contribution in [0, 0.1) is 12.8 Å². The molecule has 2 aromatic rings. The molecule has 4 nitrogen and oxygen atoms in total. The van der Waals surface area contributed by atoms with Gasteiger partial charge >= 0.3 is 0 Å². The van der Waals surface area contributed by atoms with Crippen molar-refractivity contribution in [3.63, 3.8) is 0 Å². The quantitative estimate of drug-likeness (QED) is 0.852. The van der Waals surface area contributed by atoms with Gasteiger partial charge < -0.3 is 9.64 Å². The molecule has 0 amide bonds. The van der Waals surface area contributed by atoms with E-state index in [-0.39, 0.29) is 6.10 Å². The largest absolute Gasteiger partial charge is 0.371 e. The number of anilines is 1. The second kappa shape index (κ2) is 4.67. The Kier molecular flexibility index (Phi) is 2.93. The smallest absolute Gasteiger partial charge is 0.141 e. The third-order valence-corrected chi connectivity index (χ3v) is 5.27. The van der Waals surface area contributed by atoms with Gasteiger partial charge in [-0.1, -0.05) is 0 Å². The number of aryl methyl sites for hydroxylation is 1. The lowest BCUT2D eigenvalue weighted by Crippen LogP contribution is -2.48. The molecule has 20 heavy (non-hydrogen) atoms. The Labute approximate surface area is 122 Å². The first-order valence-corrected chi connectivity index (χ1v) is 8.19. The molecular weight excluding hydrogens is 270 g/mol. The minimum atomic E-state index is 0.276. The predicted molar refractivity (Wildman–Crippen MR) is 81.4 cm³/mol. The minimum absolute atomic E-state index is 0.276. The molecule has 0 unspecified atom stereocenters. The number of nitrogens with zero attached hydrogens (tertiary/aromatic N) is 3. The summed E-state index contributed by atoms with van der Waals surface area (Å²) in [7, 11) is 0. The second-order valence-corrected chi connectivity index (χ2v) is 6.88. The van der Waals surface area contributed by atoms with Crippen molar-refractivity contribution in [3.8, 4) is 0 Å². The summed E-state index contributed by atoms with van der Waals surface area (Å²) < 4.78 is 6.10. The van der Waals surface area contributed by atoms with Crippen LogP contribution >= 0.6 is 11.3 Å².